The number of hydrogen-bond donors (Lipinski definition) is 0. The number of hydrogen-bond acceptors (Lipinski definition) is 5. The summed E-state index contributed by atoms with van der Waals surface area (Å²) in [6.45, 7) is 2.63. The van der Waals surface area contributed by atoms with Gasteiger partial charge in [0.25, 0.3) is 5.91 Å². The van der Waals surface area contributed by atoms with Crippen LogP contribution >= 0.6 is 0 Å². The zero-order chi connectivity index (χ0) is 18.1. The number of carbonyl (C=O) groups is 1. The molecule has 2 aliphatic rings. The molecule has 0 N–H and O–H groups in total. The minimum atomic E-state index is -0.0580. The van der Waals surface area contributed by atoms with E-state index < -0.39 is 0 Å². The van der Waals surface area contributed by atoms with E-state index in [1.54, 1.807) is 7.11 Å². The summed E-state index contributed by atoms with van der Waals surface area (Å²) in [5.74, 6) is 1.37. The average Bonchev–Trinajstić information content (AvgIpc) is 3.16. The van der Waals surface area contributed by atoms with E-state index in [1.165, 1.54) is 5.56 Å². The predicted molar refractivity (Wildman–Crippen MR) is 98.1 cm³/mol. The molecule has 0 bridgehead atoms. The van der Waals surface area contributed by atoms with Crippen molar-refractivity contribution in [2.75, 3.05) is 27.2 Å². The Hall–Kier alpha value is -2.47. The Morgan fingerprint density at radius 3 is 2.96 bits per heavy atom. The van der Waals surface area contributed by atoms with Gasteiger partial charge in [0.1, 0.15) is 5.75 Å². The number of likely N-dealkylation sites (tertiary alicyclic amines) is 1. The number of rotatable bonds is 3. The minimum Gasteiger partial charge on any atom is -0.496 e. The summed E-state index contributed by atoms with van der Waals surface area (Å²) in [5, 5.41) is 0. The molecule has 0 unspecified atom stereocenters. The highest BCUT2D eigenvalue weighted by atomic mass is 16.5. The number of carbonyl (C=O) groups excluding carboxylic acids is 1. The Bertz CT molecular complexity index is 823. The maximum atomic E-state index is 13.1. The minimum absolute atomic E-state index is 0.00833. The summed E-state index contributed by atoms with van der Waals surface area (Å²) >= 11 is 0. The highest BCUT2D eigenvalue weighted by Gasteiger charge is 2.34. The molecule has 0 radical (unpaired) electrons. The molecule has 1 atom stereocenters. The molecule has 1 amide bonds. The summed E-state index contributed by atoms with van der Waals surface area (Å²) in [7, 11) is 3.71. The number of fused-ring (bicyclic) bond motifs is 1. The number of likely N-dealkylation sites (N-methyl/N-ethyl adjacent to an activating group) is 1. The van der Waals surface area contributed by atoms with Crippen LogP contribution in [0.1, 0.15) is 46.3 Å². The lowest BCUT2D eigenvalue weighted by atomic mass is 10.1. The van der Waals surface area contributed by atoms with Crippen molar-refractivity contribution in [1.82, 2.24) is 19.8 Å². The number of aromatic nitrogens is 2. The summed E-state index contributed by atoms with van der Waals surface area (Å²) in [5.41, 5.74) is 2.93. The van der Waals surface area contributed by atoms with Gasteiger partial charge in [-0.05, 0) is 32.0 Å². The lowest BCUT2D eigenvalue weighted by Crippen LogP contribution is -2.33. The molecule has 0 aliphatic carbocycles. The van der Waals surface area contributed by atoms with E-state index in [9.17, 15) is 4.79 Å². The van der Waals surface area contributed by atoms with Crippen LogP contribution in [-0.2, 0) is 13.0 Å². The molecule has 1 fully saturated rings. The lowest BCUT2D eigenvalue weighted by Gasteiger charge is -2.27. The Labute approximate surface area is 153 Å². The number of ether oxygens (including phenoxy) is 1. The first kappa shape index (κ1) is 17.0. The largest absolute Gasteiger partial charge is 0.496 e. The Kier molecular flexibility index (Phi) is 4.59. The van der Waals surface area contributed by atoms with Crippen molar-refractivity contribution < 1.29 is 9.53 Å². The molecule has 0 spiro atoms. The summed E-state index contributed by atoms with van der Waals surface area (Å²) < 4.78 is 5.37. The molecule has 1 aromatic carbocycles. The van der Waals surface area contributed by atoms with Gasteiger partial charge >= 0.3 is 0 Å². The number of nitrogens with zero attached hydrogens (tertiary/aromatic N) is 4. The molecule has 4 rings (SSSR count). The van der Waals surface area contributed by atoms with Crippen LogP contribution in [0.25, 0.3) is 0 Å². The first-order chi connectivity index (χ1) is 12.7. The van der Waals surface area contributed by atoms with Crippen molar-refractivity contribution in [3.63, 3.8) is 0 Å². The van der Waals surface area contributed by atoms with Gasteiger partial charge in [-0.15, -0.1) is 0 Å². The monoisotopic (exact) mass is 352 g/mol. The van der Waals surface area contributed by atoms with Crippen LogP contribution in [0.3, 0.4) is 0 Å². The van der Waals surface area contributed by atoms with Crippen molar-refractivity contribution in [1.29, 1.82) is 0 Å². The molecule has 1 saturated heterocycles. The van der Waals surface area contributed by atoms with Crippen LogP contribution < -0.4 is 4.74 Å². The second kappa shape index (κ2) is 7.03. The Morgan fingerprint density at radius 1 is 1.27 bits per heavy atom. The van der Waals surface area contributed by atoms with Gasteiger partial charge in [0.05, 0.1) is 18.7 Å². The smallest absolute Gasteiger partial charge is 0.258 e. The number of benzene rings is 1. The summed E-state index contributed by atoms with van der Waals surface area (Å²) in [4.78, 5) is 26.7. The molecule has 1 aromatic heterocycles. The molecule has 2 aliphatic heterocycles. The van der Waals surface area contributed by atoms with E-state index in [-0.39, 0.29) is 11.9 Å². The summed E-state index contributed by atoms with van der Waals surface area (Å²) in [6, 6.07) is 7.33. The third kappa shape index (κ3) is 3.05. The predicted octanol–water partition coefficient (Wildman–Crippen LogP) is 2.45. The molecule has 3 heterocycles. The zero-order valence-electron chi connectivity index (χ0n) is 15.3. The zero-order valence-corrected chi connectivity index (χ0v) is 15.3. The van der Waals surface area contributed by atoms with Crippen molar-refractivity contribution in [3.8, 4) is 5.75 Å². The van der Waals surface area contributed by atoms with Crippen LogP contribution in [-0.4, -0.2) is 52.9 Å². The van der Waals surface area contributed by atoms with Gasteiger partial charge in [0.2, 0.25) is 0 Å². The van der Waals surface area contributed by atoms with Crippen LogP contribution in [0.4, 0.5) is 0 Å². The third-order valence-electron chi connectivity index (χ3n) is 5.29. The van der Waals surface area contributed by atoms with Crippen LogP contribution in [0.2, 0.25) is 0 Å². The Morgan fingerprint density at radius 2 is 2.12 bits per heavy atom. The van der Waals surface area contributed by atoms with Crippen LogP contribution in [0.15, 0.2) is 30.5 Å². The maximum Gasteiger partial charge on any atom is 0.258 e. The van der Waals surface area contributed by atoms with Gasteiger partial charge in [0.15, 0.2) is 5.82 Å². The van der Waals surface area contributed by atoms with Crippen molar-refractivity contribution in [2.24, 2.45) is 0 Å². The maximum absolute atomic E-state index is 13.1. The second-order valence-corrected chi connectivity index (χ2v) is 7.04. The summed E-state index contributed by atoms with van der Waals surface area (Å²) in [6.07, 6.45) is 4.75. The van der Waals surface area contributed by atoms with Crippen molar-refractivity contribution in [3.05, 3.63) is 53.1 Å². The number of methoxy groups -OCH3 is 1. The molecule has 26 heavy (non-hydrogen) atoms. The highest BCUT2D eigenvalue weighted by Crippen LogP contribution is 2.33. The topological polar surface area (TPSA) is 58.6 Å². The molecular formula is C20H24N4O2. The molecule has 2 aromatic rings. The van der Waals surface area contributed by atoms with E-state index in [0.29, 0.717) is 11.3 Å². The van der Waals surface area contributed by atoms with E-state index >= 15 is 0 Å². The van der Waals surface area contributed by atoms with E-state index in [0.717, 1.165) is 50.4 Å². The standard InChI is InChI=1S/C20H24N4O2/c1-23-11-9-16-14(13-23)12-21-19(22-16)17-7-5-10-24(17)20(25)15-6-3-4-8-18(15)26-2/h3-4,6,8,12,17H,5,7,9-11,13H2,1-2H3/t17-/m0/s1. The molecule has 0 saturated carbocycles. The van der Waals surface area contributed by atoms with Gasteiger partial charge in [-0.2, -0.15) is 0 Å². The third-order valence-corrected chi connectivity index (χ3v) is 5.29. The lowest BCUT2D eigenvalue weighted by molar-refractivity contribution is 0.0726. The first-order valence-electron chi connectivity index (χ1n) is 9.14. The quantitative estimate of drug-likeness (QED) is 0.849. The van der Waals surface area contributed by atoms with E-state index in [4.69, 9.17) is 9.72 Å². The fraction of sp³-hybridized carbons (Fsp3) is 0.450. The Balaban J connectivity index is 1.62. The molecule has 136 valence electrons. The van der Waals surface area contributed by atoms with E-state index in [2.05, 4.69) is 16.9 Å². The van der Waals surface area contributed by atoms with Crippen LogP contribution in [0, 0.1) is 0 Å². The van der Waals surface area contributed by atoms with Gasteiger partial charge < -0.3 is 14.5 Å². The van der Waals surface area contributed by atoms with Crippen molar-refractivity contribution in [2.45, 2.75) is 31.8 Å². The normalized spacial score (nSPS) is 20.1. The van der Waals surface area contributed by atoms with Gasteiger partial charge in [-0.1, -0.05) is 12.1 Å². The van der Waals surface area contributed by atoms with E-state index in [1.807, 2.05) is 35.4 Å². The average molecular weight is 352 g/mol. The SMILES string of the molecule is COc1ccccc1C(=O)N1CCC[C@H]1c1ncc2c(n1)CCN(C)C2. The molecular weight excluding hydrogens is 328 g/mol. The molecule has 6 nitrogen and oxygen atoms in total. The van der Waals surface area contributed by atoms with Gasteiger partial charge in [0, 0.05) is 43.5 Å². The highest BCUT2D eigenvalue weighted by molar-refractivity contribution is 5.97. The molecule has 6 heteroatoms. The second-order valence-electron chi connectivity index (χ2n) is 7.04. The first-order valence-corrected chi connectivity index (χ1v) is 9.14. The van der Waals surface area contributed by atoms with Gasteiger partial charge in [-0.3, -0.25) is 4.79 Å². The van der Waals surface area contributed by atoms with Crippen LogP contribution in [0.5, 0.6) is 5.75 Å². The van der Waals surface area contributed by atoms with Crippen molar-refractivity contribution >= 4 is 5.91 Å². The number of para-hydroxylation sites is 1. The fourth-order valence-corrected chi connectivity index (χ4v) is 3.89. The fourth-order valence-electron chi connectivity index (χ4n) is 3.89. The number of amides is 1. The van der Waals surface area contributed by atoms with Gasteiger partial charge in [-0.25, -0.2) is 9.97 Å².